The molecule has 9 heteroatoms. The molecule has 7 nitrogen and oxygen atoms in total. The number of benzene rings is 3. The third kappa shape index (κ3) is 4.33. The van der Waals surface area contributed by atoms with Gasteiger partial charge in [0.05, 0.1) is 30.0 Å². The largest absolute Gasteiger partial charge is 0.493 e. The molecule has 0 saturated heterocycles. The van der Waals surface area contributed by atoms with Gasteiger partial charge >= 0.3 is 0 Å². The van der Waals surface area contributed by atoms with Gasteiger partial charge in [-0.2, -0.15) is 0 Å². The van der Waals surface area contributed by atoms with Crippen LogP contribution in [0, 0.1) is 0 Å². The predicted molar refractivity (Wildman–Crippen MR) is 134 cm³/mol. The highest BCUT2D eigenvalue weighted by Gasteiger charge is 2.13. The van der Waals surface area contributed by atoms with Gasteiger partial charge in [0.1, 0.15) is 11.5 Å². The number of halogens is 1. The van der Waals surface area contributed by atoms with Crippen molar-refractivity contribution in [2.75, 3.05) is 19.5 Å². The lowest BCUT2D eigenvalue weighted by Gasteiger charge is -2.12. The molecule has 2 heterocycles. The zero-order chi connectivity index (χ0) is 23.7. The van der Waals surface area contributed by atoms with Crippen molar-refractivity contribution in [3.63, 3.8) is 0 Å². The number of fused-ring (bicyclic) bond motifs is 2. The SMILES string of the molecule is COc1cc2nccc(Oc3ccc4nc(NC(=O)c5ccc(Cl)cc5)sc4c3)c2cc1OC. The van der Waals surface area contributed by atoms with E-state index in [2.05, 4.69) is 15.3 Å². The van der Waals surface area contributed by atoms with Gasteiger partial charge in [-0.15, -0.1) is 0 Å². The van der Waals surface area contributed by atoms with E-state index in [-0.39, 0.29) is 5.91 Å². The van der Waals surface area contributed by atoms with Crippen molar-refractivity contribution in [3.05, 3.63) is 77.4 Å². The Balaban J connectivity index is 1.41. The first-order chi connectivity index (χ1) is 16.5. The molecule has 0 spiro atoms. The van der Waals surface area contributed by atoms with Crippen molar-refractivity contribution in [3.8, 4) is 23.0 Å². The Hall–Kier alpha value is -3.88. The number of hydrogen-bond acceptors (Lipinski definition) is 7. The number of nitrogens with zero attached hydrogens (tertiary/aromatic N) is 2. The van der Waals surface area contributed by atoms with Gasteiger partial charge in [-0.25, -0.2) is 4.98 Å². The molecule has 0 aliphatic rings. The number of aromatic nitrogens is 2. The molecule has 5 rings (SSSR count). The standard InChI is InChI=1S/C25H18ClN3O4S/c1-31-21-12-17-19(13-22(21)32-2)27-10-9-20(17)33-16-7-8-18-23(11-16)34-25(28-18)29-24(30)14-3-5-15(26)6-4-14/h3-13H,1-2H3,(H,28,29,30). The lowest BCUT2D eigenvalue weighted by Crippen LogP contribution is -2.11. The Morgan fingerprint density at radius 1 is 0.912 bits per heavy atom. The third-order valence-electron chi connectivity index (χ3n) is 5.12. The minimum absolute atomic E-state index is 0.250. The van der Waals surface area contributed by atoms with E-state index in [1.807, 2.05) is 30.3 Å². The Kier molecular flexibility index (Phi) is 5.91. The molecule has 0 atom stereocenters. The summed E-state index contributed by atoms with van der Waals surface area (Å²) in [5.74, 6) is 2.20. The zero-order valence-electron chi connectivity index (χ0n) is 18.2. The molecule has 1 N–H and O–H groups in total. The molecule has 0 saturated carbocycles. The maximum absolute atomic E-state index is 12.5. The molecule has 3 aromatic carbocycles. The molecule has 170 valence electrons. The van der Waals surface area contributed by atoms with E-state index in [4.69, 9.17) is 25.8 Å². The number of nitrogens with one attached hydrogen (secondary N) is 1. The van der Waals surface area contributed by atoms with E-state index in [0.717, 1.165) is 21.1 Å². The predicted octanol–water partition coefficient (Wildman–Crippen LogP) is 6.56. The van der Waals surface area contributed by atoms with Gasteiger partial charge in [-0.05, 0) is 48.5 Å². The monoisotopic (exact) mass is 491 g/mol. The minimum atomic E-state index is -0.250. The number of pyridine rings is 1. The number of carbonyl (C=O) groups excluding carboxylic acids is 1. The Morgan fingerprint density at radius 3 is 2.44 bits per heavy atom. The van der Waals surface area contributed by atoms with Crippen molar-refractivity contribution in [2.24, 2.45) is 0 Å². The summed E-state index contributed by atoms with van der Waals surface area (Å²) in [6.07, 6.45) is 1.68. The maximum atomic E-state index is 12.5. The molecule has 0 bridgehead atoms. The van der Waals surface area contributed by atoms with Gasteiger partial charge in [0.2, 0.25) is 0 Å². The molecular weight excluding hydrogens is 474 g/mol. The van der Waals surface area contributed by atoms with Crippen molar-refractivity contribution in [2.45, 2.75) is 0 Å². The third-order valence-corrected chi connectivity index (χ3v) is 6.31. The van der Waals surface area contributed by atoms with Gasteiger partial charge in [-0.3, -0.25) is 15.1 Å². The minimum Gasteiger partial charge on any atom is -0.493 e. The summed E-state index contributed by atoms with van der Waals surface area (Å²) in [5, 5.41) is 4.70. The number of ether oxygens (including phenoxy) is 3. The zero-order valence-corrected chi connectivity index (χ0v) is 19.7. The summed E-state index contributed by atoms with van der Waals surface area (Å²) in [4.78, 5) is 21.4. The smallest absolute Gasteiger partial charge is 0.257 e. The molecule has 0 radical (unpaired) electrons. The quantitative estimate of drug-likeness (QED) is 0.289. The lowest BCUT2D eigenvalue weighted by molar-refractivity contribution is 0.102. The van der Waals surface area contributed by atoms with Crippen LogP contribution in [0.3, 0.4) is 0 Å². The van der Waals surface area contributed by atoms with Crippen molar-refractivity contribution < 1.29 is 19.0 Å². The Morgan fingerprint density at radius 2 is 1.68 bits per heavy atom. The Bertz CT molecular complexity index is 1520. The summed E-state index contributed by atoms with van der Waals surface area (Å²) < 4.78 is 17.9. The second-order valence-corrected chi connectivity index (χ2v) is 8.71. The fourth-order valence-electron chi connectivity index (χ4n) is 3.46. The molecule has 0 fully saturated rings. The van der Waals surface area contributed by atoms with E-state index in [0.29, 0.717) is 38.7 Å². The van der Waals surface area contributed by atoms with Crippen LogP contribution in [0.1, 0.15) is 10.4 Å². The average Bonchev–Trinajstić information content (AvgIpc) is 3.25. The van der Waals surface area contributed by atoms with Crippen molar-refractivity contribution >= 4 is 55.1 Å². The van der Waals surface area contributed by atoms with Crippen molar-refractivity contribution in [1.82, 2.24) is 9.97 Å². The van der Waals surface area contributed by atoms with Crippen LogP contribution in [-0.4, -0.2) is 30.1 Å². The second kappa shape index (κ2) is 9.17. The summed E-state index contributed by atoms with van der Waals surface area (Å²) >= 11 is 7.26. The first kappa shape index (κ1) is 21.9. The van der Waals surface area contributed by atoms with Crippen LogP contribution in [-0.2, 0) is 0 Å². The van der Waals surface area contributed by atoms with E-state index in [9.17, 15) is 4.79 Å². The van der Waals surface area contributed by atoms with Crippen LogP contribution in [0.2, 0.25) is 5.02 Å². The van der Waals surface area contributed by atoms with E-state index < -0.39 is 0 Å². The molecule has 0 unspecified atom stereocenters. The number of thiazole rings is 1. The van der Waals surface area contributed by atoms with Gasteiger partial charge in [-0.1, -0.05) is 22.9 Å². The van der Waals surface area contributed by atoms with Crippen LogP contribution in [0.5, 0.6) is 23.0 Å². The first-order valence-electron chi connectivity index (χ1n) is 10.2. The fraction of sp³-hybridized carbons (Fsp3) is 0.0800. The topological polar surface area (TPSA) is 82.6 Å². The fourth-order valence-corrected chi connectivity index (χ4v) is 4.47. The lowest BCUT2D eigenvalue weighted by atomic mass is 10.2. The first-order valence-corrected chi connectivity index (χ1v) is 11.4. The highest BCUT2D eigenvalue weighted by molar-refractivity contribution is 7.22. The average molecular weight is 492 g/mol. The molecule has 2 aromatic heterocycles. The summed E-state index contributed by atoms with van der Waals surface area (Å²) in [6, 6.07) is 17.7. The van der Waals surface area contributed by atoms with Crippen LogP contribution < -0.4 is 19.5 Å². The summed E-state index contributed by atoms with van der Waals surface area (Å²) in [6.45, 7) is 0. The Labute approximate surface area is 203 Å². The van der Waals surface area contributed by atoms with Gasteiger partial charge in [0.15, 0.2) is 16.6 Å². The number of rotatable bonds is 6. The van der Waals surface area contributed by atoms with Gasteiger partial charge in [0.25, 0.3) is 5.91 Å². The number of carbonyl (C=O) groups is 1. The van der Waals surface area contributed by atoms with Crippen LogP contribution in [0.15, 0.2) is 66.9 Å². The van der Waals surface area contributed by atoms with Gasteiger partial charge < -0.3 is 14.2 Å². The normalized spacial score (nSPS) is 10.9. The number of methoxy groups -OCH3 is 2. The molecule has 0 aliphatic carbocycles. The molecule has 34 heavy (non-hydrogen) atoms. The van der Waals surface area contributed by atoms with E-state index >= 15 is 0 Å². The van der Waals surface area contributed by atoms with E-state index in [1.54, 1.807) is 50.7 Å². The molecule has 5 aromatic rings. The van der Waals surface area contributed by atoms with E-state index in [1.165, 1.54) is 11.3 Å². The maximum Gasteiger partial charge on any atom is 0.257 e. The molecular formula is C25H18ClN3O4S. The summed E-state index contributed by atoms with van der Waals surface area (Å²) in [5.41, 5.74) is 1.99. The van der Waals surface area contributed by atoms with Crippen molar-refractivity contribution in [1.29, 1.82) is 0 Å². The number of amides is 1. The highest BCUT2D eigenvalue weighted by atomic mass is 35.5. The van der Waals surface area contributed by atoms with Crippen LogP contribution in [0.4, 0.5) is 5.13 Å². The summed E-state index contributed by atoms with van der Waals surface area (Å²) in [7, 11) is 3.17. The molecule has 0 aliphatic heterocycles. The highest BCUT2D eigenvalue weighted by Crippen LogP contribution is 2.38. The second-order valence-electron chi connectivity index (χ2n) is 7.25. The molecule has 1 amide bonds. The van der Waals surface area contributed by atoms with Crippen LogP contribution >= 0.6 is 22.9 Å². The number of anilines is 1. The van der Waals surface area contributed by atoms with Crippen LogP contribution in [0.25, 0.3) is 21.1 Å². The number of hydrogen-bond donors (Lipinski definition) is 1. The van der Waals surface area contributed by atoms with Gasteiger partial charge in [0, 0.05) is 34.3 Å².